The number of nitrogens with zero attached hydrogens (tertiary/aromatic N) is 1. The zero-order valence-electron chi connectivity index (χ0n) is 9.76. The molecule has 0 spiro atoms. The maximum absolute atomic E-state index is 9.20. The average molecular weight is 229 g/mol. The van der Waals surface area contributed by atoms with Crippen molar-refractivity contribution in [2.45, 2.75) is 20.0 Å². The maximum Gasteiger partial charge on any atom is 0.136 e. The van der Waals surface area contributed by atoms with E-state index >= 15 is 0 Å². The zero-order chi connectivity index (χ0) is 12.1. The van der Waals surface area contributed by atoms with Gasteiger partial charge in [0.1, 0.15) is 11.5 Å². The molecule has 1 N–H and O–H groups in total. The molecule has 3 nitrogen and oxygen atoms in total. The van der Waals surface area contributed by atoms with Gasteiger partial charge in [-0.25, -0.2) is 0 Å². The van der Waals surface area contributed by atoms with Gasteiger partial charge in [0.2, 0.25) is 0 Å². The molecule has 0 saturated carbocycles. The van der Waals surface area contributed by atoms with E-state index < -0.39 is 0 Å². The van der Waals surface area contributed by atoms with Crippen molar-refractivity contribution in [2.24, 2.45) is 0 Å². The van der Waals surface area contributed by atoms with Gasteiger partial charge in [0.25, 0.3) is 0 Å². The predicted molar refractivity (Wildman–Crippen MR) is 66.1 cm³/mol. The molecule has 1 aromatic heterocycles. The van der Waals surface area contributed by atoms with E-state index in [-0.39, 0.29) is 6.61 Å². The summed E-state index contributed by atoms with van der Waals surface area (Å²) in [7, 11) is 0. The summed E-state index contributed by atoms with van der Waals surface area (Å²) in [6.45, 7) is 2.01. The van der Waals surface area contributed by atoms with Gasteiger partial charge >= 0.3 is 0 Å². The lowest BCUT2D eigenvalue weighted by molar-refractivity contribution is 0.276. The summed E-state index contributed by atoms with van der Waals surface area (Å²) in [6.07, 6.45) is 4.18. The van der Waals surface area contributed by atoms with Crippen LogP contribution < -0.4 is 4.74 Å². The molecule has 0 bridgehead atoms. The Morgan fingerprint density at radius 3 is 2.65 bits per heavy atom. The molecule has 2 rings (SSSR count). The number of ether oxygens (including phenoxy) is 1. The van der Waals surface area contributed by atoms with Crippen LogP contribution in [0.1, 0.15) is 18.1 Å². The third-order valence-electron chi connectivity index (χ3n) is 2.60. The molecule has 0 aliphatic rings. The van der Waals surface area contributed by atoms with E-state index in [1.165, 1.54) is 0 Å². The lowest BCUT2D eigenvalue weighted by atomic mass is 10.1. The first kappa shape index (κ1) is 11.6. The summed E-state index contributed by atoms with van der Waals surface area (Å²) in [5.74, 6) is 1.49. The lowest BCUT2D eigenvalue weighted by Gasteiger charge is -2.11. The Morgan fingerprint density at radius 1 is 1.12 bits per heavy atom. The van der Waals surface area contributed by atoms with Crippen LogP contribution in [-0.4, -0.2) is 10.1 Å². The highest BCUT2D eigenvalue weighted by molar-refractivity contribution is 5.39. The van der Waals surface area contributed by atoms with Crippen LogP contribution in [0.15, 0.2) is 42.7 Å². The van der Waals surface area contributed by atoms with E-state index in [0.717, 1.165) is 17.7 Å². The highest BCUT2D eigenvalue weighted by Crippen LogP contribution is 2.27. The standard InChI is InChI=1S/C14H15NO2/c1-2-11-5-3-4-6-13(11)17-14-7-8-15-9-12(14)10-16/h3-9,16H,2,10H2,1H3. The molecular formula is C14H15NO2. The Hall–Kier alpha value is -1.87. The highest BCUT2D eigenvalue weighted by atomic mass is 16.5. The van der Waals surface area contributed by atoms with Crippen LogP contribution in [0.25, 0.3) is 0 Å². The molecule has 0 amide bonds. The number of hydrogen-bond donors (Lipinski definition) is 1. The van der Waals surface area contributed by atoms with Crippen molar-refractivity contribution in [3.8, 4) is 11.5 Å². The maximum atomic E-state index is 9.20. The first-order valence-corrected chi connectivity index (χ1v) is 5.64. The number of pyridine rings is 1. The van der Waals surface area contributed by atoms with Crippen molar-refractivity contribution in [1.29, 1.82) is 0 Å². The van der Waals surface area contributed by atoms with Crippen molar-refractivity contribution in [3.63, 3.8) is 0 Å². The molecule has 0 aliphatic carbocycles. The van der Waals surface area contributed by atoms with Gasteiger partial charge in [-0.3, -0.25) is 4.98 Å². The SMILES string of the molecule is CCc1ccccc1Oc1ccncc1CO. The van der Waals surface area contributed by atoms with Crippen molar-refractivity contribution in [2.75, 3.05) is 0 Å². The minimum Gasteiger partial charge on any atom is -0.457 e. The number of benzene rings is 1. The molecule has 0 aliphatic heterocycles. The van der Waals surface area contributed by atoms with Crippen molar-refractivity contribution < 1.29 is 9.84 Å². The van der Waals surface area contributed by atoms with Crippen LogP contribution in [0, 0.1) is 0 Å². The van der Waals surface area contributed by atoms with Gasteiger partial charge in [-0.15, -0.1) is 0 Å². The van der Waals surface area contributed by atoms with Crippen molar-refractivity contribution >= 4 is 0 Å². The van der Waals surface area contributed by atoms with Gasteiger partial charge in [-0.1, -0.05) is 25.1 Å². The van der Waals surface area contributed by atoms with Crippen molar-refractivity contribution in [3.05, 3.63) is 53.9 Å². The van der Waals surface area contributed by atoms with Crippen LogP contribution in [0.5, 0.6) is 11.5 Å². The Balaban J connectivity index is 2.31. The Morgan fingerprint density at radius 2 is 1.88 bits per heavy atom. The molecule has 0 saturated heterocycles. The molecule has 1 aromatic carbocycles. The Bertz CT molecular complexity index is 452. The van der Waals surface area contributed by atoms with E-state index in [1.807, 2.05) is 24.3 Å². The molecule has 0 fully saturated rings. The summed E-state index contributed by atoms with van der Waals surface area (Å²) < 4.78 is 5.82. The first-order chi connectivity index (χ1) is 8.35. The molecule has 0 radical (unpaired) electrons. The number of aryl methyl sites for hydroxylation is 1. The fourth-order valence-electron chi connectivity index (χ4n) is 1.65. The third kappa shape index (κ3) is 2.63. The van der Waals surface area contributed by atoms with E-state index in [0.29, 0.717) is 11.3 Å². The second-order valence-corrected chi connectivity index (χ2v) is 3.70. The molecule has 88 valence electrons. The van der Waals surface area contributed by atoms with Crippen LogP contribution in [0.3, 0.4) is 0 Å². The summed E-state index contributed by atoms with van der Waals surface area (Å²) >= 11 is 0. The number of hydrogen-bond acceptors (Lipinski definition) is 3. The molecule has 0 atom stereocenters. The van der Waals surface area contributed by atoms with E-state index in [9.17, 15) is 5.11 Å². The smallest absolute Gasteiger partial charge is 0.136 e. The lowest BCUT2D eigenvalue weighted by Crippen LogP contribution is -1.95. The Kier molecular flexibility index (Phi) is 3.73. The molecule has 2 aromatic rings. The fraction of sp³-hybridized carbons (Fsp3) is 0.214. The van der Waals surface area contributed by atoms with Gasteiger partial charge in [0.05, 0.1) is 6.61 Å². The zero-order valence-corrected chi connectivity index (χ0v) is 9.76. The van der Waals surface area contributed by atoms with Gasteiger partial charge in [-0.05, 0) is 24.1 Å². The minimum absolute atomic E-state index is 0.0720. The van der Waals surface area contributed by atoms with Crippen molar-refractivity contribution in [1.82, 2.24) is 4.98 Å². The molecule has 1 heterocycles. The summed E-state index contributed by atoms with van der Waals surface area (Å²) in [6, 6.07) is 9.66. The van der Waals surface area contributed by atoms with E-state index in [4.69, 9.17) is 4.74 Å². The first-order valence-electron chi connectivity index (χ1n) is 5.64. The quantitative estimate of drug-likeness (QED) is 0.876. The molecule has 3 heteroatoms. The number of aromatic nitrogens is 1. The number of rotatable bonds is 4. The third-order valence-corrected chi connectivity index (χ3v) is 2.60. The molecule has 0 unspecified atom stereocenters. The van der Waals surface area contributed by atoms with E-state index in [2.05, 4.69) is 11.9 Å². The van der Waals surface area contributed by atoms with Crippen LogP contribution in [0.4, 0.5) is 0 Å². The average Bonchev–Trinajstić information content (AvgIpc) is 2.40. The second kappa shape index (κ2) is 5.46. The normalized spacial score (nSPS) is 10.2. The van der Waals surface area contributed by atoms with Crippen LogP contribution in [-0.2, 0) is 13.0 Å². The number of aliphatic hydroxyl groups is 1. The summed E-state index contributed by atoms with van der Waals surface area (Å²) in [4.78, 5) is 3.96. The minimum atomic E-state index is -0.0720. The number of para-hydroxylation sites is 1. The molecular weight excluding hydrogens is 214 g/mol. The predicted octanol–water partition coefficient (Wildman–Crippen LogP) is 2.93. The molecule has 17 heavy (non-hydrogen) atoms. The van der Waals surface area contributed by atoms with Gasteiger partial charge < -0.3 is 9.84 Å². The number of aliphatic hydroxyl groups excluding tert-OH is 1. The van der Waals surface area contributed by atoms with E-state index in [1.54, 1.807) is 18.5 Å². The summed E-state index contributed by atoms with van der Waals surface area (Å²) in [5.41, 5.74) is 1.84. The van der Waals surface area contributed by atoms with Crippen LogP contribution in [0.2, 0.25) is 0 Å². The largest absolute Gasteiger partial charge is 0.457 e. The van der Waals surface area contributed by atoms with Gasteiger partial charge in [-0.2, -0.15) is 0 Å². The van der Waals surface area contributed by atoms with Gasteiger partial charge in [0.15, 0.2) is 0 Å². The Labute approximate surface area is 101 Å². The second-order valence-electron chi connectivity index (χ2n) is 3.70. The highest BCUT2D eigenvalue weighted by Gasteiger charge is 2.06. The summed E-state index contributed by atoms with van der Waals surface area (Å²) in [5, 5.41) is 9.20. The van der Waals surface area contributed by atoms with Crippen LogP contribution >= 0.6 is 0 Å². The monoisotopic (exact) mass is 229 g/mol. The topological polar surface area (TPSA) is 42.4 Å². The fourth-order valence-corrected chi connectivity index (χ4v) is 1.65. The van der Waals surface area contributed by atoms with Gasteiger partial charge in [0, 0.05) is 18.0 Å².